The van der Waals surface area contributed by atoms with Gasteiger partial charge in [-0.25, -0.2) is 8.78 Å². The minimum Gasteiger partial charge on any atom is -0.491 e. The maximum Gasteiger partial charge on any atom is 0.265 e. The summed E-state index contributed by atoms with van der Waals surface area (Å²) in [4.78, 5) is 0. The molecule has 1 heterocycles. The fourth-order valence-electron chi connectivity index (χ4n) is 1.43. The lowest BCUT2D eigenvalue weighted by Crippen LogP contribution is -2.11. The third-order valence-corrected chi connectivity index (χ3v) is 2.14. The van der Waals surface area contributed by atoms with Crippen LogP contribution >= 0.6 is 0 Å². The van der Waals surface area contributed by atoms with Crippen molar-refractivity contribution in [2.24, 2.45) is 5.73 Å². The van der Waals surface area contributed by atoms with E-state index >= 15 is 0 Å². The van der Waals surface area contributed by atoms with Crippen LogP contribution in [0.5, 0.6) is 11.6 Å². The highest BCUT2D eigenvalue weighted by molar-refractivity contribution is 5.84. The van der Waals surface area contributed by atoms with E-state index in [0.29, 0.717) is 0 Å². The van der Waals surface area contributed by atoms with Crippen molar-refractivity contribution in [3.05, 3.63) is 17.7 Å². The van der Waals surface area contributed by atoms with E-state index < -0.39 is 17.4 Å². The Hall–Kier alpha value is -1.89. The molecule has 1 aromatic heterocycles. The number of ether oxygens (including phenoxy) is 2. The SMILES string of the molecule is COc1c(F)cc2onc(OCCN)c2c1F. The first-order valence-corrected chi connectivity index (χ1v) is 4.83. The largest absolute Gasteiger partial charge is 0.491 e. The van der Waals surface area contributed by atoms with Crippen molar-refractivity contribution in [2.75, 3.05) is 20.3 Å². The summed E-state index contributed by atoms with van der Waals surface area (Å²) < 4.78 is 41.7. The van der Waals surface area contributed by atoms with Gasteiger partial charge in [-0.1, -0.05) is 0 Å². The quantitative estimate of drug-likeness (QED) is 0.881. The third-order valence-electron chi connectivity index (χ3n) is 2.14. The number of hydrogen-bond acceptors (Lipinski definition) is 5. The molecule has 0 aliphatic heterocycles. The van der Waals surface area contributed by atoms with E-state index in [-0.39, 0.29) is 30.0 Å². The van der Waals surface area contributed by atoms with Crippen LogP contribution in [0.4, 0.5) is 8.78 Å². The summed E-state index contributed by atoms with van der Waals surface area (Å²) in [6, 6.07) is 0.986. The monoisotopic (exact) mass is 244 g/mol. The second-order valence-corrected chi connectivity index (χ2v) is 3.20. The molecule has 0 atom stereocenters. The summed E-state index contributed by atoms with van der Waals surface area (Å²) in [7, 11) is 1.17. The molecule has 0 unspecified atom stereocenters. The number of halogens is 2. The predicted molar refractivity (Wildman–Crippen MR) is 55.0 cm³/mol. The molecule has 0 saturated heterocycles. The maximum atomic E-state index is 13.9. The Kier molecular flexibility index (Phi) is 3.10. The van der Waals surface area contributed by atoms with E-state index in [2.05, 4.69) is 9.89 Å². The Labute approximate surface area is 95.1 Å². The highest BCUT2D eigenvalue weighted by Crippen LogP contribution is 2.34. The van der Waals surface area contributed by atoms with Gasteiger partial charge >= 0.3 is 0 Å². The fourth-order valence-corrected chi connectivity index (χ4v) is 1.43. The molecule has 92 valence electrons. The summed E-state index contributed by atoms with van der Waals surface area (Å²) in [5.74, 6) is -2.34. The van der Waals surface area contributed by atoms with Crippen LogP contribution in [-0.4, -0.2) is 25.4 Å². The van der Waals surface area contributed by atoms with Crippen molar-refractivity contribution in [1.29, 1.82) is 0 Å². The molecule has 0 radical (unpaired) electrons. The van der Waals surface area contributed by atoms with Gasteiger partial charge in [0, 0.05) is 12.6 Å². The average molecular weight is 244 g/mol. The highest BCUT2D eigenvalue weighted by atomic mass is 19.1. The Morgan fingerprint density at radius 1 is 1.47 bits per heavy atom. The van der Waals surface area contributed by atoms with Gasteiger partial charge in [-0.05, 0) is 5.16 Å². The second-order valence-electron chi connectivity index (χ2n) is 3.20. The molecular weight excluding hydrogens is 234 g/mol. The molecule has 0 aliphatic rings. The van der Waals surface area contributed by atoms with Crippen LogP contribution in [0.2, 0.25) is 0 Å². The Morgan fingerprint density at radius 3 is 2.88 bits per heavy atom. The van der Waals surface area contributed by atoms with E-state index in [1.54, 1.807) is 0 Å². The van der Waals surface area contributed by atoms with Crippen LogP contribution in [0.1, 0.15) is 0 Å². The minimum atomic E-state index is -0.907. The normalized spacial score (nSPS) is 10.8. The maximum absolute atomic E-state index is 13.9. The molecule has 2 N–H and O–H groups in total. The number of nitrogens with two attached hydrogens (primary N) is 1. The van der Waals surface area contributed by atoms with Crippen molar-refractivity contribution in [3.8, 4) is 11.6 Å². The fraction of sp³-hybridized carbons (Fsp3) is 0.300. The van der Waals surface area contributed by atoms with Crippen molar-refractivity contribution in [3.63, 3.8) is 0 Å². The first kappa shape index (κ1) is 11.6. The average Bonchev–Trinajstić information content (AvgIpc) is 2.70. The third kappa shape index (κ3) is 1.89. The molecule has 2 aromatic rings. The first-order valence-electron chi connectivity index (χ1n) is 4.83. The van der Waals surface area contributed by atoms with E-state index in [4.69, 9.17) is 15.0 Å². The topological polar surface area (TPSA) is 70.5 Å². The van der Waals surface area contributed by atoms with Crippen LogP contribution < -0.4 is 15.2 Å². The number of aromatic nitrogens is 1. The summed E-state index contributed by atoms with van der Waals surface area (Å²) in [5, 5.41) is 3.44. The lowest BCUT2D eigenvalue weighted by atomic mass is 10.2. The zero-order valence-corrected chi connectivity index (χ0v) is 9.00. The van der Waals surface area contributed by atoms with Crippen molar-refractivity contribution in [2.45, 2.75) is 0 Å². The first-order chi connectivity index (χ1) is 8.19. The lowest BCUT2D eigenvalue weighted by molar-refractivity contribution is 0.292. The van der Waals surface area contributed by atoms with Crippen molar-refractivity contribution in [1.82, 2.24) is 5.16 Å². The summed E-state index contributed by atoms with van der Waals surface area (Å²) in [5.41, 5.74) is 5.20. The predicted octanol–water partition coefficient (Wildman–Crippen LogP) is 1.45. The zero-order valence-electron chi connectivity index (χ0n) is 9.00. The van der Waals surface area contributed by atoms with Crippen LogP contribution in [-0.2, 0) is 0 Å². The molecular formula is C10H10F2N2O3. The van der Waals surface area contributed by atoms with E-state index in [1.807, 2.05) is 0 Å². The molecule has 17 heavy (non-hydrogen) atoms. The number of hydrogen-bond donors (Lipinski definition) is 1. The van der Waals surface area contributed by atoms with Gasteiger partial charge in [-0.2, -0.15) is 0 Å². The molecule has 2 rings (SSSR count). The Bertz CT molecular complexity index is 542. The van der Waals surface area contributed by atoms with Gasteiger partial charge < -0.3 is 19.7 Å². The van der Waals surface area contributed by atoms with Gasteiger partial charge in [0.2, 0.25) is 0 Å². The molecule has 0 aliphatic carbocycles. The molecule has 1 aromatic carbocycles. The Balaban J connectivity index is 2.58. The number of methoxy groups -OCH3 is 1. The molecule has 0 fully saturated rings. The van der Waals surface area contributed by atoms with Gasteiger partial charge in [0.05, 0.1) is 7.11 Å². The highest BCUT2D eigenvalue weighted by Gasteiger charge is 2.22. The van der Waals surface area contributed by atoms with E-state index in [9.17, 15) is 8.78 Å². The van der Waals surface area contributed by atoms with Crippen LogP contribution in [0.15, 0.2) is 10.6 Å². The van der Waals surface area contributed by atoms with Crippen LogP contribution in [0.3, 0.4) is 0 Å². The molecule has 0 amide bonds. The van der Waals surface area contributed by atoms with Gasteiger partial charge in [0.15, 0.2) is 23.0 Å². The van der Waals surface area contributed by atoms with E-state index in [0.717, 1.165) is 6.07 Å². The van der Waals surface area contributed by atoms with Gasteiger partial charge in [-0.3, -0.25) is 0 Å². The summed E-state index contributed by atoms with van der Waals surface area (Å²) >= 11 is 0. The van der Waals surface area contributed by atoms with Gasteiger partial charge in [0.1, 0.15) is 12.0 Å². The molecule has 0 spiro atoms. The number of benzene rings is 1. The van der Waals surface area contributed by atoms with Gasteiger partial charge in [-0.15, -0.1) is 0 Å². The Morgan fingerprint density at radius 2 is 2.24 bits per heavy atom. The summed E-state index contributed by atoms with van der Waals surface area (Å²) in [6.07, 6.45) is 0. The number of rotatable bonds is 4. The second kappa shape index (κ2) is 4.54. The molecule has 0 bridgehead atoms. The van der Waals surface area contributed by atoms with Crippen LogP contribution in [0.25, 0.3) is 11.0 Å². The van der Waals surface area contributed by atoms with Gasteiger partial charge in [0.25, 0.3) is 5.88 Å². The zero-order chi connectivity index (χ0) is 12.4. The summed E-state index contributed by atoms with van der Waals surface area (Å²) in [6.45, 7) is 0.398. The molecule has 5 nitrogen and oxygen atoms in total. The minimum absolute atomic E-state index is 0.0483. The van der Waals surface area contributed by atoms with Crippen LogP contribution in [0, 0.1) is 11.6 Å². The van der Waals surface area contributed by atoms with E-state index in [1.165, 1.54) is 7.11 Å². The van der Waals surface area contributed by atoms with Crippen molar-refractivity contribution >= 4 is 11.0 Å². The number of fused-ring (bicyclic) bond motifs is 1. The number of nitrogens with zero attached hydrogens (tertiary/aromatic N) is 1. The smallest absolute Gasteiger partial charge is 0.265 e. The standard InChI is InChI=1S/C10H10F2N2O3/c1-15-9-5(11)4-6-7(8(9)12)10(14-17-6)16-3-2-13/h4H,2-3,13H2,1H3. The lowest BCUT2D eigenvalue weighted by Gasteiger charge is -2.04. The van der Waals surface area contributed by atoms with Crippen molar-refractivity contribution < 1.29 is 22.8 Å². The molecule has 7 heteroatoms. The molecule has 0 saturated carbocycles.